The van der Waals surface area contributed by atoms with E-state index in [-0.39, 0.29) is 71.3 Å². The van der Waals surface area contributed by atoms with E-state index in [4.69, 9.17) is 30.1 Å². The van der Waals surface area contributed by atoms with Gasteiger partial charge in [-0.2, -0.15) is 11.4 Å². The van der Waals surface area contributed by atoms with Crippen LogP contribution in [0.15, 0.2) is 40.9 Å². The van der Waals surface area contributed by atoms with E-state index in [0.29, 0.717) is 62.4 Å². The fraction of sp³-hybridized carbons (Fsp3) is 0.582. The molecule has 1 unspecified atom stereocenters. The van der Waals surface area contributed by atoms with Gasteiger partial charge in [-0.3, -0.25) is 14.4 Å². The standard InChI is InChI=1S/C55H74N4O6.Mg/c1-13-39-34(7)41-29-46-48(38(11)60)36(9)43(57-46)27-42-35(8)40(52(58-42)50-51(55(63)64-12)54(62)49-37(10)44(59-53(49)50)28-45(39)56-41)23-24-47(61)65-26-25-33(6)22-16-21-32(5)20-15-19-31(4)18-14-17-30(2)3;/h25,27-32,34-35,40,51-52,60H,11,13-24,26H2,1-10,12H3;/q-4;+2/b33-25+,41-29-,42-27-,44-28-;/t31-,32-,34-,35+,40+,51-,52?;/m1./s1. The number of rotatable bonds is 20. The van der Waals surface area contributed by atoms with Gasteiger partial charge < -0.3 is 35.2 Å². The van der Waals surface area contributed by atoms with Crippen LogP contribution in [0.25, 0.3) is 40.2 Å². The molecule has 6 rings (SSSR count). The zero-order valence-electron chi connectivity index (χ0n) is 41.8. The Morgan fingerprint density at radius 3 is 2.18 bits per heavy atom. The number of hydrogen-bond donors (Lipinski definition) is 1. The van der Waals surface area contributed by atoms with E-state index in [9.17, 15) is 19.5 Å². The molecule has 1 fully saturated rings. The number of ether oxygens (including phenoxy) is 2. The molecule has 3 aliphatic heterocycles. The fourth-order valence-corrected chi connectivity index (χ4v) is 10.6. The Morgan fingerprint density at radius 1 is 0.894 bits per heavy atom. The molecule has 0 aromatic carbocycles. The van der Waals surface area contributed by atoms with Crippen LogP contribution in [-0.4, -0.2) is 65.6 Å². The Labute approximate surface area is 410 Å². The average molecular weight is 912 g/mol. The van der Waals surface area contributed by atoms with Crippen LogP contribution in [0, 0.1) is 55.3 Å². The van der Waals surface area contributed by atoms with E-state index in [1.165, 1.54) is 57.6 Å². The van der Waals surface area contributed by atoms with Crippen molar-refractivity contribution < 1.29 is 29.0 Å². The monoisotopic (exact) mass is 911 g/mol. The SMILES string of the molecule is C=C(O)c1c2[n-]c(c1C)/C=C1\[N-]C(C3=c4[n-]/c(c(C)c4C(=O)[C@@H]3C(=O)OC)=C\C3=C(CC)[C@@H](C)/C(=C/2)[N-]3)[C@@H](CCC(=O)OC/C=C(\C)CCC[C@H](C)CCC[C@H](C)CCCC(C)C)[C@@H]1C.[Mg+2]. The molecule has 10 nitrogen and oxygen atoms in total. The smallest absolute Gasteiger partial charge is 0.681 e. The van der Waals surface area contributed by atoms with Crippen LogP contribution < -0.4 is 20.7 Å². The van der Waals surface area contributed by atoms with Crippen LogP contribution in [0.1, 0.15) is 171 Å². The first kappa shape index (κ1) is 52.7. The molecular formula is C55H74MgN4O6-2. The van der Waals surface area contributed by atoms with Crippen molar-refractivity contribution in [2.24, 2.45) is 41.4 Å². The number of methoxy groups -OCH3 is 1. The van der Waals surface area contributed by atoms with Gasteiger partial charge in [-0.25, -0.2) is 0 Å². The van der Waals surface area contributed by atoms with Gasteiger partial charge >= 0.3 is 35.0 Å². The van der Waals surface area contributed by atoms with E-state index in [2.05, 4.69) is 62.0 Å². The summed E-state index contributed by atoms with van der Waals surface area (Å²) in [6.07, 6.45) is 20.3. The van der Waals surface area contributed by atoms with Crippen LogP contribution in [0.2, 0.25) is 0 Å². The van der Waals surface area contributed by atoms with Crippen molar-refractivity contribution >= 4 is 70.3 Å². The number of aromatic nitrogens is 2. The van der Waals surface area contributed by atoms with E-state index in [1.54, 1.807) is 0 Å². The Kier molecular flexibility index (Phi) is 18.5. The molecule has 0 spiro atoms. The summed E-state index contributed by atoms with van der Waals surface area (Å²) in [5.41, 5.74) is 8.66. The maximum absolute atomic E-state index is 14.4. The number of allylic oxidation sites excluding steroid dienone is 4. The minimum atomic E-state index is -1.21. The van der Waals surface area contributed by atoms with Crippen molar-refractivity contribution in [2.45, 2.75) is 152 Å². The van der Waals surface area contributed by atoms with E-state index >= 15 is 0 Å². The Morgan fingerprint density at radius 2 is 1.55 bits per heavy atom. The van der Waals surface area contributed by atoms with Crippen molar-refractivity contribution in [1.29, 1.82) is 0 Å². The van der Waals surface area contributed by atoms with Gasteiger partial charge in [0.2, 0.25) is 0 Å². The summed E-state index contributed by atoms with van der Waals surface area (Å²) in [6.45, 7) is 25.6. The molecule has 1 N–H and O–H groups in total. The summed E-state index contributed by atoms with van der Waals surface area (Å²) in [6, 6.07) is -0.661. The third kappa shape index (κ3) is 11.7. The quantitative estimate of drug-likeness (QED) is 0.0454. The van der Waals surface area contributed by atoms with Crippen LogP contribution in [-0.2, 0) is 19.1 Å². The number of fused-ring (bicyclic) bond motifs is 8. The second-order valence-electron chi connectivity index (χ2n) is 20.0. The van der Waals surface area contributed by atoms with Crippen molar-refractivity contribution in [3.8, 4) is 0 Å². The number of hydrogen-bond acceptors (Lipinski definition) is 6. The predicted molar refractivity (Wildman–Crippen MR) is 268 cm³/mol. The molecule has 66 heavy (non-hydrogen) atoms. The van der Waals surface area contributed by atoms with Gasteiger partial charge in [0.05, 0.1) is 7.11 Å². The average Bonchev–Trinajstić information content (AvgIpc) is 4.00. The van der Waals surface area contributed by atoms with Crippen molar-refractivity contribution in [2.75, 3.05) is 13.7 Å². The normalized spacial score (nSPS) is 24.1. The zero-order chi connectivity index (χ0) is 47.3. The first-order chi connectivity index (χ1) is 30.9. The molecule has 2 aromatic heterocycles. The second kappa shape index (κ2) is 23.2. The fourth-order valence-electron chi connectivity index (χ4n) is 10.6. The largest absolute Gasteiger partial charge is 2.00 e. The molecule has 4 aliphatic rings. The minimum absolute atomic E-state index is 0. The molecule has 7 atom stereocenters. The number of aliphatic hydroxyl groups excluding tert-OH is 1. The number of nitrogens with zero attached hydrogens (tertiary/aromatic N) is 4. The number of carbonyl (C=O) groups is 3. The molecule has 1 saturated heterocycles. The maximum Gasteiger partial charge on any atom is 2.00 e. The van der Waals surface area contributed by atoms with Crippen molar-refractivity contribution in [1.82, 2.24) is 9.97 Å². The third-order valence-corrected chi connectivity index (χ3v) is 14.7. The minimum Gasteiger partial charge on any atom is -0.681 e. The first-order valence-electron chi connectivity index (χ1n) is 24.4. The van der Waals surface area contributed by atoms with Gasteiger partial charge in [-0.15, -0.1) is 27.8 Å². The molecule has 2 aromatic rings. The van der Waals surface area contributed by atoms with Crippen molar-refractivity contribution in [3.63, 3.8) is 0 Å². The Hall–Kier alpha value is -4.22. The van der Waals surface area contributed by atoms with E-state index < -0.39 is 17.9 Å². The van der Waals surface area contributed by atoms with Gasteiger partial charge in [0.25, 0.3) is 0 Å². The van der Waals surface area contributed by atoms with Gasteiger partial charge in [0.1, 0.15) is 18.3 Å². The van der Waals surface area contributed by atoms with Crippen LogP contribution in [0.5, 0.6) is 0 Å². The number of Topliss-reactive ketones (excluding diaryl/α,β-unsaturated/α-hetero) is 1. The molecule has 5 heterocycles. The Bertz CT molecular complexity index is 2390. The summed E-state index contributed by atoms with van der Waals surface area (Å²) in [5, 5.41) is 22.3. The molecule has 354 valence electrons. The number of aliphatic hydroxyl groups is 1. The zero-order valence-corrected chi connectivity index (χ0v) is 43.2. The summed E-state index contributed by atoms with van der Waals surface area (Å²) < 4.78 is 11.1. The summed E-state index contributed by atoms with van der Waals surface area (Å²) in [7, 11) is 1.29. The topological polar surface area (TPSA) is 146 Å². The van der Waals surface area contributed by atoms with Crippen LogP contribution in [0.3, 0.4) is 0 Å². The summed E-state index contributed by atoms with van der Waals surface area (Å²) >= 11 is 0. The van der Waals surface area contributed by atoms with Gasteiger partial charge in [-0.1, -0.05) is 152 Å². The molecule has 1 aliphatic carbocycles. The van der Waals surface area contributed by atoms with Gasteiger partial charge in [0.15, 0.2) is 5.78 Å². The maximum atomic E-state index is 14.4. The van der Waals surface area contributed by atoms with Crippen LogP contribution in [0.4, 0.5) is 0 Å². The summed E-state index contributed by atoms with van der Waals surface area (Å²) in [5.74, 6) is -0.844. The molecule has 0 saturated carbocycles. The molecule has 0 amide bonds. The number of ketones is 1. The third-order valence-electron chi connectivity index (χ3n) is 14.7. The first-order valence-corrected chi connectivity index (χ1v) is 24.4. The van der Waals surface area contributed by atoms with Gasteiger partial charge in [-0.05, 0) is 88.0 Å². The predicted octanol–water partition coefficient (Wildman–Crippen LogP) is 11.1. The molecule has 8 bridgehead atoms. The second-order valence-corrected chi connectivity index (χ2v) is 20.0. The molecular weight excluding hydrogens is 837 g/mol. The van der Waals surface area contributed by atoms with E-state index in [0.717, 1.165) is 53.6 Å². The molecule has 0 radical (unpaired) electrons. The van der Waals surface area contributed by atoms with Crippen LogP contribution >= 0.6 is 0 Å². The molecule has 11 heteroatoms. The number of carbonyl (C=O) groups excluding carboxylic acids is 3. The van der Waals surface area contributed by atoms with Crippen molar-refractivity contribution in [3.05, 3.63) is 95.9 Å². The Balaban J connectivity index is 0.00000817. The summed E-state index contributed by atoms with van der Waals surface area (Å²) in [4.78, 5) is 51.5. The number of esters is 2. The van der Waals surface area contributed by atoms with Gasteiger partial charge in [0, 0.05) is 17.5 Å². The van der Waals surface area contributed by atoms with E-state index in [1.807, 2.05) is 38.2 Å².